The fourth-order valence-electron chi connectivity index (χ4n) is 2.97. The molecule has 0 radical (unpaired) electrons. The minimum atomic E-state index is 0.0638. The first-order valence-electron chi connectivity index (χ1n) is 8.52. The Morgan fingerprint density at radius 1 is 1.36 bits per heavy atom. The van der Waals surface area contributed by atoms with Crippen LogP contribution in [0.15, 0.2) is 36.7 Å². The highest BCUT2D eigenvalue weighted by atomic mass is 16.5. The van der Waals surface area contributed by atoms with Gasteiger partial charge in [-0.3, -0.25) is 4.79 Å². The van der Waals surface area contributed by atoms with Crippen LogP contribution in [0.2, 0.25) is 0 Å². The summed E-state index contributed by atoms with van der Waals surface area (Å²) in [6.45, 7) is 2.51. The van der Waals surface area contributed by atoms with E-state index >= 15 is 0 Å². The Kier molecular flexibility index (Phi) is 3.87. The molecule has 0 spiro atoms. The molecule has 3 heterocycles. The lowest BCUT2D eigenvalue weighted by atomic mass is 10.2. The van der Waals surface area contributed by atoms with E-state index < -0.39 is 0 Å². The zero-order valence-corrected chi connectivity index (χ0v) is 14.3. The van der Waals surface area contributed by atoms with Crippen molar-refractivity contribution >= 4 is 22.6 Å². The maximum absolute atomic E-state index is 11.9. The fraction of sp³-hybridized carbons (Fsp3) is 0.316. The molecule has 0 saturated heterocycles. The average Bonchev–Trinajstić information content (AvgIpc) is 3.41. The van der Waals surface area contributed by atoms with Gasteiger partial charge in [0.2, 0.25) is 11.8 Å². The molecule has 25 heavy (non-hydrogen) atoms. The van der Waals surface area contributed by atoms with Crippen LogP contribution in [0, 0.1) is 5.92 Å². The zero-order chi connectivity index (χ0) is 17.4. The van der Waals surface area contributed by atoms with Gasteiger partial charge >= 0.3 is 0 Å². The van der Waals surface area contributed by atoms with Crippen LogP contribution < -0.4 is 10.1 Å². The van der Waals surface area contributed by atoms with Crippen molar-refractivity contribution < 1.29 is 9.53 Å². The van der Waals surface area contributed by atoms with Crippen LogP contribution in [-0.4, -0.2) is 27.0 Å². The molecule has 0 unspecified atom stereocenters. The molecule has 1 amide bonds. The fourth-order valence-corrected chi connectivity index (χ4v) is 2.97. The largest absolute Gasteiger partial charge is 0.477 e. The molecule has 0 bridgehead atoms. The number of carbonyl (C=O) groups is 1. The van der Waals surface area contributed by atoms with E-state index in [1.54, 1.807) is 12.4 Å². The molecule has 1 aliphatic carbocycles. The van der Waals surface area contributed by atoms with Crippen molar-refractivity contribution in [1.82, 2.24) is 14.5 Å². The first-order valence-corrected chi connectivity index (χ1v) is 8.52. The highest BCUT2D eigenvalue weighted by Gasteiger charge is 2.29. The summed E-state index contributed by atoms with van der Waals surface area (Å²) in [5.41, 5.74) is 2.93. The van der Waals surface area contributed by atoms with Gasteiger partial charge in [0.1, 0.15) is 5.82 Å². The van der Waals surface area contributed by atoms with Crippen LogP contribution >= 0.6 is 0 Å². The van der Waals surface area contributed by atoms with E-state index in [-0.39, 0.29) is 11.8 Å². The summed E-state index contributed by atoms with van der Waals surface area (Å²) in [4.78, 5) is 20.7. The minimum Gasteiger partial charge on any atom is -0.477 e. The number of hydrogen-bond acceptors (Lipinski definition) is 4. The number of anilines is 1. The van der Waals surface area contributed by atoms with E-state index in [2.05, 4.69) is 25.9 Å². The second-order valence-electron chi connectivity index (χ2n) is 6.27. The van der Waals surface area contributed by atoms with Gasteiger partial charge < -0.3 is 14.6 Å². The van der Waals surface area contributed by atoms with Crippen LogP contribution in [0.5, 0.6) is 5.88 Å². The van der Waals surface area contributed by atoms with Crippen molar-refractivity contribution in [1.29, 1.82) is 0 Å². The lowest BCUT2D eigenvalue weighted by Gasteiger charge is -2.09. The van der Waals surface area contributed by atoms with Gasteiger partial charge in [-0.2, -0.15) is 0 Å². The maximum Gasteiger partial charge on any atom is 0.228 e. The van der Waals surface area contributed by atoms with E-state index in [4.69, 9.17) is 4.74 Å². The number of aryl methyl sites for hydroxylation is 1. The predicted molar refractivity (Wildman–Crippen MR) is 96.5 cm³/mol. The Bertz CT molecular complexity index is 944. The van der Waals surface area contributed by atoms with Crippen molar-refractivity contribution in [3.63, 3.8) is 0 Å². The second-order valence-corrected chi connectivity index (χ2v) is 6.27. The highest BCUT2D eigenvalue weighted by molar-refractivity contribution is 5.96. The summed E-state index contributed by atoms with van der Waals surface area (Å²) in [5, 5.41) is 3.92. The standard InChI is InChI=1S/C19H20N4O2/c1-3-25-19-14(5-4-8-20-19)15-9-13-10-17(21-11-16(13)23(15)2)22-18(24)12-6-7-12/h4-5,8-12H,3,6-7H2,1-2H3,(H,21,22,24). The topological polar surface area (TPSA) is 69.0 Å². The number of aromatic nitrogens is 3. The SMILES string of the molecule is CCOc1ncccc1-c1cc2cc(NC(=O)C3CC3)ncc2n1C. The molecule has 0 aromatic carbocycles. The van der Waals surface area contributed by atoms with E-state index in [1.165, 1.54) is 0 Å². The quantitative estimate of drug-likeness (QED) is 0.775. The molecule has 6 heteroatoms. The number of nitrogens with zero attached hydrogens (tertiary/aromatic N) is 3. The maximum atomic E-state index is 11.9. The summed E-state index contributed by atoms with van der Waals surface area (Å²) in [6, 6.07) is 7.88. The van der Waals surface area contributed by atoms with Gasteiger partial charge in [0.15, 0.2) is 0 Å². The number of pyridine rings is 2. The third-order valence-corrected chi connectivity index (χ3v) is 4.46. The van der Waals surface area contributed by atoms with Gasteiger partial charge in [-0.05, 0) is 44.0 Å². The van der Waals surface area contributed by atoms with Crippen molar-refractivity contribution in [2.45, 2.75) is 19.8 Å². The summed E-state index contributed by atoms with van der Waals surface area (Å²) < 4.78 is 7.72. The monoisotopic (exact) mass is 336 g/mol. The van der Waals surface area contributed by atoms with Gasteiger partial charge in [0.25, 0.3) is 0 Å². The van der Waals surface area contributed by atoms with Gasteiger partial charge in [-0.1, -0.05) is 0 Å². The van der Waals surface area contributed by atoms with Crippen molar-refractivity contribution in [3.8, 4) is 17.1 Å². The number of rotatable bonds is 5. The molecule has 1 fully saturated rings. The van der Waals surface area contributed by atoms with Crippen molar-refractivity contribution in [3.05, 3.63) is 36.7 Å². The first kappa shape index (κ1) is 15.6. The molecule has 3 aromatic rings. The van der Waals surface area contributed by atoms with Crippen LogP contribution in [0.1, 0.15) is 19.8 Å². The smallest absolute Gasteiger partial charge is 0.228 e. The molecular weight excluding hydrogens is 316 g/mol. The van der Waals surface area contributed by atoms with Crippen LogP contribution in [0.25, 0.3) is 22.2 Å². The van der Waals surface area contributed by atoms with Gasteiger partial charge in [-0.15, -0.1) is 0 Å². The molecule has 128 valence electrons. The molecule has 6 nitrogen and oxygen atoms in total. The first-order chi connectivity index (χ1) is 12.2. The number of amides is 1. The van der Waals surface area contributed by atoms with E-state index in [1.807, 2.05) is 32.2 Å². The Morgan fingerprint density at radius 2 is 2.20 bits per heavy atom. The van der Waals surface area contributed by atoms with Crippen molar-refractivity contribution in [2.75, 3.05) is 11.9 Å². The Labute approximate surface area is 145 Å². The third kappa shape index (κ3) is 2.95. The van der Waals surface area contributed by atoms with Gasteiger partial charge in [-0.25, -0.2) is 9.97 Å². The van der Waals surface area contributed by atoms with Crippen molar-refractivity contribution in [2.24, 2.45) is 13.0 Å². The third-order valence-electron chi connectivity index (χ3n) is 4.46. The van der Waals surface area contributed by atoms with Gasteiger partial charge in [0, 0.05) is 24.5 Å². The number of hydrogen-bond donors (Lipinski definition) is 1. The normalized spacial score (nSPS) is 13.8. The molecule has 3 aromatic heterocycles. The highest BCUT2D eigenvalue weighted by Crippen LogP contribution is 2.33. The van der Waals surface area contributed by atoms with E-state index in [9.17, 15) is 4.79 Å². The van der Waals surface area contributed by atoms with Gasteiger partial charge in [0.05, 0.1) is 29.6 Å². The lowest BCUT2D eigenvalue weighted by Crippen LogP contribution is -2.14. The van der Waals surface area contributed by atoms with Crippen LogP contribution in [0.4, 0.5) is 5.82 Å². The Balaban J connectivity index is 1.73. The summed E-state index contributed by atoms with van der Waals surface area (Å²) in [6.07, 6.45) is 5.47. The number of fused-ring (bicyclic) bond motifs is 1. The summed E-state index contributed by atoms with van der Waals surface area (Å²) >= 11 is 0. The molecular formula is C19H20N4O2. The predicted octanol–water partition coefficient (Wildman–Crippen LogP) is 3.38. The van der Waals surface area contributed by atoms with E-state index in [0.29, 0.717) is 18.3 Å². The zero-order valence-electron chi connectivity index (χ0n) is 14.3. The molecule has 4 rings (SSSR count). The van der Waals surface area contributed by atoms with Crippen LogP contribution in [0.3, 0.4) is 0 Å². The second kappa shape index (κ2) is 6.20. The summed E-state index contributed by atoms with van der Waals surface area (Å²) in [5.74, 6) is 1.44. The van der Waals surface area contributed by atoms with Crippen LogP contribution in [-0.2, 0) is 11.8 Å². The van der Waals surface area contributed by atoms with E-state index in [0.717, 1.165) is 35.0 Å². The summed E-state index contributed by atoms with van der Waals surface area (Å²) in [7, 11) is 1.99. The Hall–Kier alpha value is -2.89. The molecule has 0 aliphatic heterocycles. The lowest BCUT2D eigenvalue weighted by molar-refractivity contribution is -0.117. The molecule has 1 saturated carbocycles. The molecule has 1 N–H and O–H groups in total. The molecule has 1 aliphatic rings. The Morgan fingerprint density at radius 3 is 2.96 bits per heavy atom. The number of carbonyl (C=O) groups excluding carboxylic acids is 1. The average molecular weight is 336 g/mol. The number of ether oxygens (including phenoxy) is 1. The minimum absolute atomic E-state index is 0.0638. The number of nitrogens with one attached hydrogen (secondary N) is 1. The molecule has 0 atom stereocenters.